The maximum atomic E-state index is 11.5. The van der Waals surface area contributed by atoms with Crippen LogP contribution in [0.1, 0.15) is 12.5 Å². The average molecular weight is 297 g/mol. The maximum Gasteiger partial charge on any atom is 0.367 e. The fraction of sp³-hybridized carbons (Fsp3) is 0.308. The van der Waals surface area contributed by atoms with Gasteiger partial charge in [-0.05, 0) is 17.3 Å². The van der Waals surface area contributed by atoms with Crippen LogP contribution in [0.15, 0.2) is 30.3 Å². The van der Waals surface area contributed by atoms with Crippen LogP contribution < -0.4 is 5.32 Å². The normalized spacial score (nSPS) is 11.4. The van der Waals surface area contributed by atoms with Crippen molar-refractivity contribution in [1.82, 2.24) is 5.32 Å². The van der Waals surface area contributed by atoms with E-state index in [1.165, 1.54) is 6.92 Å². The highest BCUT2D eigenvalue weighted by Gasteiger charge is 2.20. The summed E-state index contributed by atoms with van der Waals surface area (Å²) in [7, 11) is 0. The van der Waals surface area contributed by atoms with Gasteiger partial charge in [0.25, 0.3) is 0 Å². The molecule has 0 aliphatic rings. The molecule has 1 atom stereocenters. The van der Waals surface area contributed by atoms with Crippen LogP contribution >= 0.6 is 11.8 Å². The topological polar surface area (TPSA) is 92.7 Å². The minimum atomic E-state index is -1.19. The third-order valence-electron chi connectivity index (χ3n) is 2.24. The van der Waals surface area contributed by atoms with Crippen molar-refractivity contribution in [2.24, 2.45) is 0 Å². The Balaban J connectivity index is 2.34. The van der Waals surface area contributed by atoms with Gasteiger partial charge in [0, 0.05) is 12.7 Å². The number of thioether (sulfide) groups is 1. The number of carboxylic acids is 1. The number of hydrogen-bond donors (Lipinski definition) is 2. The van der Waals surface area contributed by atoms with Crippen molar-refractivity contribution < 1.29 is 24.2 Å². The molecule has 0 aliphatic carbocycles. The number of amides is 1. The molecule has 1 aromatic carbocycles. The fourth-order valence-electron chi connectivity index (χ4n) is 1.33. The fourth-order valence-corrected chi connectivity index (χ4v) is 2.00. The Hall–Kier alpha value is -2.02. The lowest BCUT2D eigenvalue weighted by atomic mass is 10.2. The minimum Gasteiger partial charge on any atom is -0.480 e. The lowest BCUT2D eigenvalue weighted by Gasteiger charge is -2.12. The first-order valence-electron chi connectivity index (χ1n) is 5.82. The zero-order valence-corrected chi connectivity index (χ0v) is 11.7. The predicted octanol–water partition coefficient (Wildman–Crippen LogP) is 1.65. The van der Waals surface area contributed by atoms with Crippen molar-refractivity contribution in [1.29, 1.82) is 0 Å². The summed E-state index contributed by atoms with van der Waals surface area (Å²) in [4.78, 5) is 33.1. The maximum absolute atomic E-state index is 11.5. The first-order chi connectivity index (χ1) is 9.49. The summed E-state index contributed by atoms with van der Waals surface area (Å²) in [5, 5.41) is 10.5. The molecule has 0 unspecified atom stereocenters. The van der Waals surface area contributed by atoms with Gasteiger partial charge in [-0.3, -0.25) is 4.79 Å². The van der Waals surface area contributed by atoms with Crippen LogP contribution in [0.5, 0.6) is 0 Å². The molecule has 7 heteroatoms. The van der Waals surface area contributed by atoms with Crippen molar-refractivity contribution >= 4 is 28.9 Å². The zero-order valence-electron chi connectivity index (χ0n) is 10.9. The van der Waals surface area contributed by atoms with Gasteiger partial charge in [-0.2, -0.15) is 0 Å². The Kier molecular flexibility index (Phi) is 6.58. The Labute approximate surface area is 120 Å². The number of nitrogens with one attached hydrogen (secondary N) is 1. The third-order valence-corrected chi connectivity index (χ3v) is 3.10. The van der Waals surface area contributed by atoms with E-state index in [0.29, 0.717) is 0 Å². The quantitative estimate of drug-likeness (QED) is 0.776. The standard InChI is InChI=1S/C13H15NO5S/c1-9(15)14-11(12(16)17)8-20-13(18)19-7-10-5-3-2-4-6-10/h2-6,11H,7-8H2,1H3,(H,14,15)(H,16,17)/t11-/m0/s1. The summed E-state index contributed by atoms with van der Waals surface area (Å²) < 4.78 is 4.98. The summed E-state index contributed by atoms with van der Waals surface area (Å²) in [5.74, 6) is -1.73. The first kappa shape index (κ1) is 16.0. The molecule has 0 radical (unpaired) electrons. The zero-order chi connectivity index (χ0) is 15.0. The second-order valence-corrected chi connectivity index (χ2v) is 4.88. The van der Waals surface area contributed by atoms with Crippen LogP contribution in [0.25, 0.3) is 0 Å². The molecule has 0 aromatic heterocycles. The Morgan fingerprint density at radius 3 is 2.50 bits per heavy atom. The van der Waals surface area contributed by atoms with E-state index >= 15 is 0 Å². The molecular weight excluding hydrogens is 282 g/mol. The van der Waals surface area contributed by atoms with Crippen LogP contribution in [0.4, 0.5) is 4.79 Å². The van der Waals surface area contributed by atoms with Crippen molar-refractivity contribution in [2.75, 3.05) is 5.75 Å². The molecule has 1 rings (SSSR count). The molecule has 2 N–H and O–H groups in total. The lowest BCUT2D eigenvalue weighted by Crippen LogP contribution is -2.41. The van der Waals surface area contributed by atoms with E-state index in [1.54, 1.807) is 0 Å². The molecule has 0 heterocycles. The molecule has 0 saturated heterocycles. The smallest absolute Gasteiger partial charge is 0.367 e. The highest BCUT2D eigenvalue weighted by Crippen LogP contribution is 2.10. The van der Waals surface area contributed by atoms with Gasteiger partial charge in [0.05, 0.1) is 0 Å². The number of carbonyl (C=O) groups is 3. The number of carboxylic acid groups (broad SMARTS) is 1. The molecule has 6 nitrogen and oxygen atoms in total. The molecule has 1 amide bonds. The summed E-state index contributed by atoms with van der Waals surface area (Å²) in [5.41, 5.74) is 0.845. The van der Waals surface area contributed by atoms with Crippen LogP contribution in [0, 0.1) is 0 Å². The van der Waals surface area contributed by atoms with Gasteiger partial charge in [-0.25, -0.2) is 9.59 Å². The van der Waals surface area contributed by atoms with Gasteiger partial charge >= 0.3 is 11.3 Å². The molecule has 0 bridgehead atoms. The number of benzene rings is 1. The SMILES string of the molecule is CC(=O)N[C@@H](CSC(=O)OCc1ccccc1)C(=O)O. The molecular formula is C13H15NO5S. The van der Waals surface area contributed by atoms with E-state index in [4.69, 9.17) is 9.84 Å². The van der Waals surface area contributed by atoms with E-state index in [0.717, 1.165) is 17.3 Å². The second-order valence-electron chi connectivity index (χ2n) is 3.93. The Morgan fingerprint density at radius 1 is 1.30 bits per heavy atom. The van der Waals surface area contributed by atoms with Gasteiger partial charge in [-0.1, -0.05) is 30.3 Å². The van der Waals surface area contributed by atoms with Gasteiger partial charge in [0.15, 0.2) is 0 Å². The number of rotatable bonds is 6. The summed E-state index contributed by atoms with van der Waals surface area (Å²) >= 11 is 0.717. The van der Waals surface area contributed by atoms with Crippen LogP contribution in [0.2, 0.25) is 0 Å². The summed E-state index contributed by atoms with van der Waals surface area (Å²) in [6, 6.07) is 8.03. The minimum absolute atomic E-state index is 0.0808. The highest BCUT2D eigenvalue weighted by atomic mass is 32.2. The van der Waals surface area contributed by atoms with Crippen LogP contribution in [-0.4, -0.2) is 34.1 Å². The van der Waals surface area contributed by atoms with Crippen molar-refractivity contribution in [3.05, 3.63) is 35.9 Å². The summed E-state index contributed by atoms with van der Waals surface area (Å²) in [6.07, 6.45) is 0. The molecule has 0 aliphatic heterocycles. The van der Waals surface area contributed by atoms with Gasteiger partial charge in [0.1, 0.15) is 12.6 Å². The Morgan fingerprint density at radius 2 is 1.95 bits per heavy atom. The molecule has 1 aromatic rings. The predicted molar refractivity (Wildman–Crippen MR) is 74.3 cm³/mol. The number of hydrogen-bond acceptors (Lipinski definition) is 5. The van der Waals surface area contributed by atoms with E-state index in [2.05, 4.69) is 5.32 Å². The summed E-state index contributed by atoms with van der Waals surface area (Å²) in [6.45, 7) is 1.35. The van der Waals surface area contributed by atoms with Gasteiger partial charge in [0.2, 0.25) is 5.91 Å². The van der Waals surface area contributed by atoms with Crippen molar-refractivity contribution in [3.8, 4) is 0 Å². The largest absolute Gasteiger partial charge is 0.480 e. The van der Waals surface area contributed by atoms with E-state index in [-0.39, 0.29) is 12.4 Å². The molecule has 0 saturated carbocycles. The molecule has 0 fully saturated rings. The van der Waals surface area contributed by atoms with E-state index in [9.17, 15) is 14.4 Å². The van der Waals surface area contributed by atoms with E-state index in [1.807, 2.05) is 30.3 Å². The number of ether oxygens (including phenoxy) is 1. The first-order valence-corrected chi connectivity index (χ1v) is 6.81. The van der Waals surface area contributed by atoms with Gasteiger partial charge in [-0.15, -0.1) is 0 Å². The van der Waals surface area contributed by atoms with Crippen LogP contribution in [-0.2, 0) is 20.9 Å². The monoisotopic (exact) mass is 297 g/mol. The Bertz CT molecular complexity index is 477. The van der Waals surface area contributed by atoms with Crippen LogP contribution in [0.3, 0.4) is 0 Å². The van der Waals surface area contributed by atoms with Crippen molar-refractivity contribution in [3.63, 3.8) is 0 Å². The average Bonchev–Trinajstić information content (AvgIpc) is 2.41. The molecule has 20 heavy (non-hydrogen) atoms. The van der Waals surface area contributed by atoms with Crippen molar-refractivity contribution in [2.45, 2.75) is 19.6 Å². The third kappa shape index (κ3) is 6.24. The molecule has 108 valence electrons. The number of carbonyl (C=O) groups excluding carboxylic acids is 2. The molecule has 0 spiro atoms. The van der Waals surface area contributed by atoms with Gasteiger partial charge < -0.3 is 15.2 Å². The number of aliphatic carboxylic acids is 1. The lowest BCUT2D eigenvalue weighted by molar-refractivity contribution is -0.140. The van der Waals surface area contributed by atoms with E-state index < -0.39 is 23.2 Å². The highest BCUT2D eigenvalue weighted by molar-refractivity contribution is 8.13. The second kappa shape index (κ2) is 8.21.